The molecule has 0 fully saturated rings. The van der Waals surface area contributed by atoms with Crippen LogP contribution in [0.25, 0.3) is 0 Å². The van der Waals surface area contributed by atoms with Crippen LogP contribution in [0.15, 0.2) is 0 Å². The van der Waals surface area contributed by atoms with Crippen LogP contribution < -0.4 is 5.73 Å². The van der Waals surface area contributed by atoms with Crippen LogP contribution in [0, 0.1) is 0 Å². The third-order valence-electron chi connectivity index (χ3n) is 9.08. The Labute approximate surface area is 255 Å². The predicted molar refractivity (Wildman–Crippen MR) is 185 cm³/mol. The van der Waals surface area contributed by atoms with Crippen LogP contribution in [-0.4, -0.2) is 31.1 Å². The third-order valence-corrected chi connectivity index (χ3v) is 9.08. The van der Waals surface area contributed by atoms with Crippen molar-refractivity contribution >= 4 is 0 Å². The van der Waals surface area contributed by atoms with Gasteiger partial charge in [-0.3, -0.25) is 0 Å². The van der Waals surface area contributed by atoms with Gasteiger partial charge in [0.05, 0.1) is 0 Å². The van der Waals surface area contributed by atoms with Crippen LogP contribution in [0.3, 0.4) is 0 Å². The number of unbranched alkanes of at least 4 members (excludes halogenated alkanes) is 29. The Morgan fingerprint density at radius 2 is 0.475 bits per heavy atom. The lowest BCUT2D eigenvalue weighted by molar-refractivity contribution is 0.254. The summed E-state index contributed by atoms with van der Waals surface area (Å²) in [5.74, 6) is 0. The highest BCUT2D eigenvalue weighted by Gasteiger charge is 2.05. The van der Waals surface area contributed by atoms with Crippen LogP contribution >= 0.6 is 0 Å². The van der Waals surface area contributed by atoms with Crippen molar-refractivity contribution in [3.8, 4) is 0 Å². The van der Waals surface area contributed by atoms with E-state index in [1.807, 2.05) is 0 Å². The van der Waals surface area contributed by atoms with E-state index in [4.69, 9.17) is 5.73 Å². The van der Waals surface area contributed by atoms with Gasteiger partial charge in [0.15, 0.2) is 0 Å². The minimum atomic E-state index is 0.863. The van der Waals surface area contributed by atoms with Gasteiger partial charge in [0.2, 0.25) is 0 Å². The summed E-state index contributed by atoms with van der Waals surface area (Å²) < 4.78 is 0. The van der Waals surface area contributed by atoms with Crippen molar-refractivity contribution in [3.05, 3.63) is 0 Å². The van der Waals surface area contributed by atoms with Gasteiger partial charge in [-0.15, -0.1) is 0 Å². The molecule has 0 unspecified atom stereocenters. The maximum absolute atomic E-state index is 5.69. The van der Waals surface area contributed by atoms with Crippen molar-refractivity contribution < 1.29 is 0 Å². The van der Waals surface area contributed by atoms with Gasteiger partial charge in [0.1, 0.15) is 0 Å². The summed E-state index contributed by atoms with van der Waals surface area (Å²) >= 11 is 0. The van der Waals surface area contributed by atoms with Crippen molar-refractivity contribution in [3.63, 3.8) is 0 Å². The molecule has 242 valence electrons. The van der Waals surface area contributed by atoms with Gasteiger partial charge in [0.25, 0.3) is 0 Å². The van der Waals surface area contributed by atoms with Crippen molar-refractivity contribution in [2.75, 3.05) is 26.2 Å². The SMILES string of the molecule is CCCCCCCCCCCCCCCCN(CCCCCCN)CCCCCCCCCCCCCCCC. The molecule has 0 aromatic rings. The van der Waals surface area contributed by atoms with E-state index in [9.17, 15) is 0 Å². The molecule has 0 aliphatic heterocycles. The molecule has 2 heteroatoms. The highest BCUT2D eigenvalue weighted by atomic mass is 15.1. The minimum absolute atomic E-state index is 0.863. The lowest BCUT2D eigenvalue weighted by Gasteiger charge is -2.22. The Morgan fingerprint density at radius 3 is 0.700 bits per heavy atom. The van der Waals surface area contributed by atoms with Gasteiger partial charge in [-0.25, -0.2) is 0 Å². The molecule has 2 nitrogen and oxygen atoms in total. The monoisotopic (exact) mass is 565 g/mol. The Bertz CT molecular complexity index is 392. The number of nitrogens with two attached hydrogens (primary N) is 1. The molecule has 0 heterocycles. The summed E-state index contributed by atoms with van der Waals surface area (Å²) in [6.07, 6.45) is 46.0. The fourth-order valence-electron chi connectivity index (χ4n) is 6.23. The number of hydrogen-bond acceptors (Lipinski definition) is 2. The molecule has 0 saturated heterocycles. The molecular weight excluding hydrogens is 484 g/mol. The van der Waals surface area contributed by atoms with Gasteiger partial charge in [0, 0.05) is 0 Å². The van der Waals surface area contributed by atoms with Crippen molar-refractivity contribution in [1.82, 2.24) is 4.90 Å². The largest absolute Gasteiger partial charge is 0.330 e. The van der Waals surface area contributed by atoms with Crippen LogP contribution in [0.1, 0.15) is 219 Å². The lowest BCUT2D eigenvalue weighted by Crippen LogP contribution is -2.27. The zero-order valence-corrected chi connectivity index (χ0v) is 28.5. The molecule has 0 aliphatic rings. The minimum Gasteiger partial charge on any atom is -0.330 e. The fourth-order valence-corrected chi connectivity index (χ4v) is 6.23. The van der Waals surface area contributed by atoms with Crippen molar-refractivity contribution in [2.45, 2.75) is 219 Å². The molecule has 0 saturated carbocycles. The average molecular weight is 565 g/mol. The molecular formula is C38H80N2. The first kappa shape index (κ1) is 39.9. The molecule has 0 amide bonds. The highest BCUT2D eigenvalue weighted by Crippen LogP contribution is 2.15. The van der Waals surface area contributed by atoms with Crippen LogP contribution in [0.2, 0.25) is 0 Å². The van der Waals surface area contributed by atoms with Crippen LogP contribution in [-0.2, 0) is 0 Å². The van der Waals surface area contributed by atoms with E-state index in [1.54, 1.807) is 0 Å². The van der Waals surface area contributed by atoms with Gasteiger partial charge < -0.3 is 10.6 Å². The van der Waals surface area contributed by atoms with Crippen molar-refractivity contribution in [1.29, 1.82) is 0 Å². The second-order valence-corrected chi connectivity index (χ2v) is 13.2. The Balaban J connectivity index is 3.69. The third kappa shape index (κ3) is 34.1. The molecule has 0 rings (SSSR count). The first-order valence-corrected chi connectivity index (χ1v) is 19.3. The molecule has 0 atom stereocenters. The van der Waals surface area contributed by atoms with E-state index in [-0.39, 0.29) is 0 Å². The van der Waals surface area contributed by atoms with E-state index in [0.717, 1.165) is 6.54 Å². The lowest BCUT2D eigenvalue weighted by atomic mass is 10.0. The van der Waals surface area contributed by atoms with Gasteiger partial charge in [-0.1, -0.05) is 194 Å². The molecule has 2 N–H and O–H groups in total. The average Bonchev–Trinajstić information content (AvgIpc) is 2.96. The Morgan fingerprint density at radius 1 is 0.275 bits per heavy atom. The summed E-state index contributed by atoms with van der Waals surface area (Å²) in [7, 11) is 0. The number of rotatable bonds is 36. The second-order valence-electron chi connectivity index (χ2n) is 13.2. The number of hydrogen-bond donors (Lipinski definition) is 1. The maximum Gasteiger partial charge on any atom is -0.00187 e. The fraction of sp³-hybridized carbons (Fsp3) is 1.00. The smallest absolute Gasteiger partial charge is 0.00187 e. The predicted octanol–water partition coefficient (Wildman–Crippen LogP) is 12.8. The van der Waals surface area contributed by atoms with Gasteiger partial charge in [-0.2, -0.15) is 0 Å². The molecule has 0 radical (unpaired) electrons. The zero-order chi connectivity index (χ0) is 29.0. The first-order chi connectivity index (χ1) is 19.8. The zero-order valence-electron chi connectivity index (χ0n) is 28.5. The quantitative estimate of drug-likeness (QED) is 0.0767. The van der Waals surface area contributed by atoms with E-state index in [1.165, 1.54) is 225 Å². The standard InChI is InChI=1S/C38H80N2/c1-3-5-7-9-11-13-15-17-19-21-23-25-28-32-36-40(38-34-30-27-31-35-39)37-33-29-26-24-22-20-18-16-14-12-10-8-6-4-2/h3-39H2,1-2H3. The summed E-state index contributed by atoms with van der Waals surface area (Å²) in [4.78, 5) is 2.81. The molecule has 0 aliphatic carbocycles. The summed E-state index contributed by atoms with van der Waals surface area (Å²) in [6, 6.07) is 0. The maximum atomic E-state index is 5.69. The topological polar surface area (TPSA) is 29.3 Å². The highest BCUT2D eigenvalue weighted by molar-refractivity contribution is 4.61. The van der Waals surface area contributed by atoms with E-state index >= 15 is 0 Å². The second kappa shape index (κ2) is 36.9. The molecule has 0 bridgehead atoms. The molecule has 0 aromatic heterocycles. The summed E-state index contributed by atoms with van der Waals surface area (Å²) in [5, 5.41) is 0. The van der Waals surface area contributed by atoms with Gasteiger partial charge in [-0.05, 0) is 51.9 Å². The summed E-state index contributed by atoms with van der Waals surface area (Å²) in [6.45, 7) is 9.48. The number of nitrogens with zero attached hydrogens (tertiary/aromatic N) is 1. The Hall–Kier alpha value is -0.0800. The molecule has 0 aromatic carbocycles. The molecule has 40 heavy (non-hydrogen) atoms. The van der Waals surface area contributed by atoms with E-state index in [0.29, 0.717) is 0 Å². The van der Waals surface area contributed by atoms with Crippen LogP contribution in [0.4, 0.5) is 0 Å². The van der Waals surface area contributed by atoms with Crippen LogP contribution in [0.5, 0.6) is 0 Å². The Kier molecular flexibility index (Phi) is 36.9. The van der Waals surface area contributed by atoms with Gasteiger partial charge >= 0.3 is 0 Å². The first-order valence-electron chi connectivity index (χ1n) is 19.3. The summed E-state index contributed by atoms with van der Waals surface area (Å²) in [5.41, 5.74) is 5.69. The van der Waals surface area contributed by atoms with E-state index < -0.39 is 0 Å². The molecule has 0 spiro atoms. The van der Waals surface area contributed by atoms with E-state index in [2.05, 4.69) is 18.7 Å². The normalized spacial score (nSPS) is 11.7. The van der Waals surface area contributed by atoms with Crippen molar-refractivity contribution in [2.24, 2.45) is 5.73 Å².